The van der Waals surface area contributed by atoms with Gasteiger partial charge >= 0.3 is 0 Å². The van der Waals surface area contributed by atoms with Crippen molar-refractivity contribution < 1.29 is 13.2 Å². The Kier molecular flexibility index (Phi) is 2.92. The molecule has 0 nitrogen and oxygen atoms in total. The van der Waals surface area contributed by atoms with E-state index in [0.29, 0.717) is 11.6 Å². The van der Waals surface area contributed by atoms with E-state index in [2.05, 4.69) is 0 Å². The van der Waals surface area contributed by atoms with Crippen LogP contribution in [0, 0.1) is 31.3 Å². The first-order valence-electron chi connectivity index (χ1n) is 5.22. The molecule has 17 heavy (non-hydrogen) atoms. The van der Waals surface area contributed by atoms with Crippen molar-refractivity contribution in [2.24, 2.45) is 0 Å². The third-order valence-corrected chi connectivity index (χ3v) is 2.90. The van der Waals surface area contributed by atoms with E-state index in [1.54, 1.807) is 12.1 Å². The molecule has 88 valence electrons. The molecule has 0 saturated heterocycles. The number of halogens is 3. The lowest BCUT2D eigenvalue weighted by Crippen LogP contribution is -1.94. The Morgan fingerprint density at radius 2 is 1.41 bits per heavy atom. The van der Waals surface area contributed by atoms with Crippen molar-refractivity contribution in [2.45, 2.75) is 13.8 Å². The minimum atomic E-state index is -1.17. The van der Waals surface area contributed by atoms with E-state index in [1.165, 1.54) is 0 Å². The van der Waals surface area contributed by atoms with Crippen LogP contribution in [0.3, 0.4) is 0 Å². The number of benzene rings is 2. The summed E-state index contributed by atoms with van der Waals surface area (Å²) in [6.45, 7) is 3.71. The van der Waals surface area contributed by atoms with Crippen molar-refractivity contribution in [2.75, 3.05) is 0 Å². The predicted molar refractivity (Wildman–Crippen MR) is 61.2 cm³/mol. The van der Waals surface area contributed by atoms with Crippen LogP contribution >= 0.6 is 0 Å². The van der Waals surface area contributed by atoms with Gasteiger partial charge in [-0.05, 0) is 36.6 Å². The fourth-order valence-corrected chi connectivity index (χ4v) is 1.77. The highest BCUT2D eigenvalue weighted by Gasteiger charge is 2.13. The third kappa shape index (κ3) is 2.05. The summed E-state index contributed by atoms with van der Waals surface area (Å²) in [6, 6.07) is 6.81. The summed E-state index contributed by atoms with van der Waals surface area (Å²) >= 11 is 0. The zero-order valence-corrected chi connectivity index (χ0v) is 9.52. The topological polar surface area (TPSA) is 0 Å². The fraction of sp³-hybridized carbons (Fsp3) is 0.143. The van der Waals surface area contributed by atoms with Gasteiger partial charge in [0, 0.05) is 11.6 Å². The largest absolute Gasteiger partial charge is 0.206 e. The lowest BCUT2D eigenvalue weighted by atomic mass is 9.96. The van der Waals surface area contributed by atoms with Crippen molar-refractivity contribution in [1.29, 1.82) is 0 Å². The van der Waals surface area contributed by atoms with Gasteiger partial charge in [0.2, 0.25) is 0 Å². The molecular weight excluding hydrogens is 225 g/mol. The zero-order valence-electron chi connectivity index (χ0n) is 9.52. The van der Waals surface area contributed by atoms with Crippen LogP contribution in [0.15, 0.2) is 30.3 Å². The van der Waals surface area contributed by atoms with Gasteiger partial charge in [-0.1, -0.05) is 18.2 Å². The highest BCUT2D eigenvalue weighted by atomic mass is 19.2. The molecule has 0 heterocycles. The quantitative estimate of drug-likeness (QED) is 0.644. The molecule has 0 spiro atoms. The molecule has 2 aromatic rings. The molecule has 3 heteroatoms. The first-order valence-corrected chi connectivity index (χ1v) is 5.22. The van der Waals surface area contributed by atoms with Crippen LogP contribution < -0.4 is 0 Å². The molecule has 0 amide bonds. The van der Waals surface area contributed by atoms with Crippen LogP contribution in [0.5, 0.6) is 0 Å². The number of hydrogen-bond donors (Lipinski definition) is 0. The normalized spacial score (nSPS) is 10.6. The van der Waals surface area contributed by atoms with Gasteiger partial charge in [0.15, 0.2) is 11.6 Å². The second-order valence-corrected chi connectivity index (χ2v) is 3.99. The molecule has 0 unspecified atom stereocenters. The summed E-state index contributed by atoms with van der Waals surface area (Å²) in [4.78, 5) is 0. The standard InChI is InChI=1S/C14H11F3/c1-8-4-3-5-10(9(8)2)11-6-13(16)14(17)7-12(11)15/h3-7H,1-2H3. The number of hydrogen-bond acceptors (Lipinski definition) is 0. The predicted octanol–water partition coefficient (Wildman–Crippen LogP) is 4.39. The van der Waals surface area contributed by atoms with Crippen LogP contribution in [0.25, 0.3) is 11.1 Å². The fourth-order valence-electron chi connectivity index (χ4n) is 1.77. The van der Waals surface area contributed by atoms with Gasteiger partial charge < -0.3 is 0 Å². The Bertz CT molecular complexity index is 574. The number of aryl methyl sites for hydroxylation is 1. The van der Waals surface area contributed by atoms with E-state index in [4.69, 9.17) is 0 Å². The minimum Gasteiger partial charge on any atom is -0.206 e. The Balaban J connectivity index is 2.69. The highest BCUT2D eigenvalue weighted by Crippen LogP contribution is 2.29. The summed E-state index contributed by atoms with van der Waals surface area (Å²) in [5, 5.41) is 0. The van der Waals surface area contributed by atoms with Crippen LogP contribution in [-0.4, -0.2) is 0 Å². The smallest absolute Gasteiger partial charge is 0.161 e. The van der Waals surface area contributed by atoms with Crippen LogP contribution in [0.4, 0.5) is 13.2 Å². The average Bonchev–Trinajstić information content (AvgIpc) is 2.28. The van der Waals surface area contributed by atoms with E-state index in [-0.39, 0.29) is 5.56 Å². The monoisotopic (exact) mass is 236 g/mol. The lowest BCUT2D eigenvalue weighted by molar-refractivity contribution is 0.496. The van der Waals surface area contributed by atoms with Crippen molar-refractivity contribution >= 4 is 0 Å². The molecule has 0 bridgehead atoms. The molecule has 0 aliphatic heterocycles. The Hall–Kier alpha value is -1.77. The van der Waals surface area contributed by atoms with Gasteiger partial charge in [0.05, 0.1) is 0 Å². The van der Waals surface area contributed by atoms with Crippen LogP contribution in [0.2, 0.25) is 0 Å². The Labute approximate surface area is 97.7 Å². The highest BCUT2D eigenvalue weighted by molar-refractivity contribution is 5.69. The minimum absolute atomic E-state index is 0.0881. The first kappa shape index (κ1) is 11.7. The maximum Gasteiger partial charge on any atom is 0.161 e. The van der Waals surface area contributed by atoms with Crippen molar-refractivity contribution in [3.8, 4) is 11.1 Å². The SMILES string of the molecule is Cc1cccc(-c2cc(F)c(F)cc2F)c1C. The van der Waals surface area contributed by atoms with Gasteiger partial charge in [-0.15, -0.1) is 0 Å². The second kappa shape index (κ2) is 4.24. The van der Waals surface area contributed by atoms with E-state index in [1.807, 2.05) is 19.9 Å². The van der Waals surface area contributed by atoms with Crippen LogP contribution in [-0.2, 0) is 0 Å². The average molecular weight is 236 g/mol. The molecule has 0 aliphatic carbocycles. The number of rotatable bonds is 1. The van der Waals surface area contributed by atoms with Crippen molar-refractivity contribution in [3.63, 3.8) is 0 Å². The third-order valence-electron chi connectivity index (χ3n) is 2.90. The van der Waals surface area contributed by atoms with Gasteiger partial charge in [0.1, 0.15) is 5.82 Å². The molecule has 2 aromatic carbocycles. The van der Waals surface area contributed by atoms with E-state index >= 15 is 0 Å². The maximum absolute atomic E-state index is 13.6. The molecule has 0 radical (unpaired) electrons. The van der Waals surface area contributed by atoms with Gasteiger partial charge in [-0.3, -0.25) is 0 Å². The van der Waals surface area contributed by atoms with Crippen molar-refractivity contribution in [1.82, 2.24) is 0 Å². The summed E-state index contributed by atoms with van der Waals surface area (Å²) in [6.07, 6.45) is 0. The summed E-state index contributed by atoms with van der Waals surface area (Å²) in [5.41, 5.74) is 2.51. The van der Waals surface area contributed by atoms with Gasteiger partial charge in [-0.2, -0.15) is 0 Å². The molecular formula is C14H11F3. The lowest BCUT2D eigenvalue weighted by Gasteiger charge is -2.10. The van der Waals surface area contributed by atoms with Gasteiger partial charge in [-0.25, -0.2) is 13.2 Å². The maximum atomic E-state index is 13.6. The zero-order chi connectivity index (χ0) is 12.6. The summed E-state index contributed by atoms with van der Waals surface area (Å²) < 4.78 is 39.6. The van der Waals surface area contributed by atoms with E-state index < -0.39 is 17.5 Å². The Morgan fingerprint density at radius 3 is 2.12 bits per heavy atom. The summed E-state index contributed by atoms with van der Waals surface area (Å²) in [5.74, 6) is -2.96. The molecule has 0 fully saturated rings. The molecule has 0 atom stereocenters. The molecule has 2 rings (SSSR count). The molecule has 0 saturated carbocycles. The summed E-state index contributed by atoms with van der Waals surface area (Å²) in [7, 11) is 0. The van der Waals surface area contributed by atoms with Crippen LogP contribution in [0.1, 0.15) is 11.1 Å². The second-order valence-electron chi connectivity index (χ2n) is 3.99. The van der Waals surface area contributed by atoms with Crippen molar-refractivity contribution in [3.05, 3.63) is 58.9 Å². The Morgan fingerprint density at radius 1 is 0.765 bits per heavy atom. The molecule has 0 N–H and O–H groups in total. The first-order chi connectivity index (χ1) is 8.00. The van der Waals surface area contributed by atoms with Gasteiger partial charge in [0.25, 0.3) is 0 Å². The molecule has 0 aromatic heterocycles. The molecule has 0 aliphatic rings. The van der Waals surface area contributed by atoms with E-state index in [0.717, 1.165) is 17.2 Å². The van der Waals surface area contributed by atoms with E-state index in [9.17, 15) is 13.2 Å².